The number of hydrogen-bond acceptors (Lipinski definition) is 7. The zero-order chi connectivity index (χ0) is 26.0. The lowest BCUT2D eigenvalue weighted by atomic mass is 10.1. The molecule has 0 aliphatic rings. The van der Waals surface area contributed by atoms with E-state index < -0.39 is 12.5 Å². The summed E-state index contributed by atoms with van der Waals surface area (Å²) in [7, 11) is 2.65. The first-order valence-electron chi connectivity index (χ1n) is 11.7. The molecule has 0 atom stereocenters. The molecule has 4 rings (SSSR count). The Morgan fingerprint density at radius 3 is 2.78 bits per heavy atom. The minimum Gasteiger partial charge on any atom is -0.493 e. The first-order chi connectivity index (χ1) is 17.1. The van der Waals surface area contributed by atoms with Gasteiger partial charge in [0.15, 0.2) is 0 Å². The van der Waals surface area contributed by atoms with Crippen LogP contribution in [0.25, 0.3) is 27.6 Å². The van der Waals surface area contributed by atoms with Gasteiger partial charge in [0.1, 0.15) is 11.5 Å². The zero-order valence-corrected chi connectivity index (χ0v) is 18.5. The summed E-state index contributed by atoms with van der Waals surface area (Å²) in [5.41, 5.74) is 1.29. The number of hydrogen-bond donors (Lipinski definition) is 0. The number of aryl methyl sites for hydroxylation is 2. The smallest absolute Gasteiger partial charge is 0.373 e. The number of methoxy groups -OCH3 is 2. The Morgan fingerprint density at radius 2 is 2.03 bits per heavy atom. The SMILES string of the molecule is [2H]c1cccc([2H])c1-c1nc(CC([2H])([2H])Oc2ccc(/C=C(\OC)C(=O)OC)c3sccc23)c(C)o1. The highest BCUT2D eigenvalue weighted by molar-refractivity contribution is 7.17. The van der Waals surface area contributed by atoms with Gasteiger partial charge in [0, 0.05) is 22.1 Å². The third kappa shape index (κ3) is 4.53. The number of thiophene rings is 1. The van der Waals surface area contributed by atoms with Crippen LogP contribution >= 0.6 is 11.3 Å². The van der Waals surface area contributed by atoms with Crippen molar-refractivity contribution in [1.29, 1.82) is 0 Å². The molecule has 0 radical (unpaired) electrons. The molecule has 2 aromatic heterocycles. The molecule has 0 aliphatic heterocycles. The molecule has 0 unspecified atom stereocenters. The molecule has 0 bridgehead atoms. The van der Waals surface area contributed by atoms with Crippen LogP contribution in [0.2, 0.25) is 0 Å². The molecule has 0 aliphatic carbocycles. The quantitative estimate of drug-likeness (QED) is 0.195. The summed E-state index contributed by atoms with van der Waals surface area (Å²) in [5.74, 6) is 0.253. The standard InChI is InChI=1S/C25H23NO5S/c1-16-20(26-24(31-16)17-7-5-4-6-8-17)11-13-30-21-10-9-18(23-19(21)12-14-32-23)15-22(28-2)25(27)29-3/h4-10,12,14-15H,11,13H2,1-3H3/b22-15-/i7D,8D,13D2. The van der Waals surface area contributed by atoms with Crippen molar-refractivity contribution >= 4 is 33.5 Å². The number of oxazole rings is 1. The van der Waals surface area contributed by atoms with E-state index in [4.69, 9.17) is 24.1 Å². The van der Waals surface area contributed by atoms with Crippen LogP contribution in [0, 0.1) is 6.92 Å². The molecule has 0 spiro atoms. The molecule has 2 aromatic carbocycles. The molecule has 0 amide bonds. The number of ether oxygens (including phenoxy) is 3. The zero-order valence-electron chi connectivity index (χ0n) is 21.7. The fourth-order valence-electron chi connectivity index (χ4n) is 3.06. The van der Waals surface area contributed by atoms with E-state index >= 15 is 0 Å². The van der Waals surface area contributed by atoms with Gasteiger partial charge in [-0.3, -0.25) is 0 Å². The molecule has 4 aromatic rings. The Balaban J connectivity index is 1.61. The van der Waals surface area contributed by atoms with Crippen LogP contribution in [0.15, 0.2) is 64.0 Å². The fraction of sp³-hybridized carbons (Fsp3) is 0.200. The van der Waals surface area contributed by atoms with E-state index in [1.165, 1.54) is 25.6 Å². The first-order valence-corrected chi connectivity index (χ1v) is 10.6. The summed E-state index contributed by atoms with van der Waals surface area (Å²) in [6, 6.07) is 10.1. The molecule has 2 heterocycles. The molecule has 0 fully saturated rings. The van der Waals surface area contributed by atoms with Gasteiger partial charge in [-0.2, -0.15) is 0 Å². The minimum atomic E-state index is -2.14. The van der Waals surface area contributed by atoms with Gasteiger partial charge < -0.3 is 18.6 Å². The lowest BCUT2D eigenvalue weighted by Crippen LogP contribution is -2.06. The Bertz CT molecular complexity index is 1440. The molecule has 0 saturated heterocycles. The summed E-state index contributed by atoms with van der Waals surface area (Å²) >= 11 is 1.42. The highest BCUT2D eigenvalue weighted by atomic mass is 32.1. The predicted molar refractivity (Wildman–Crippen MR) is 125 cm³/mol. The van der Waals surface area contributed by atoms with E-state index in [0.29, 0.717) is 28.2 Å². The van der Waals surface area contributed by atoms with Gasteiger partial charge in [0.2, 0.25) is 11.6 Å². The van der Waals surface area contributed by atoms with Crippen LogP contribution in [0.3, 0.4) is 0 Å². The van der Waals surface area contributed by atoms with Crippen molar-refractivity contribution in [3.05, 3.63) is 76.6 Å². The highest BCUT2D eigenvalue weighted by Crippen LogP contribution is 2.34. The third-order valence-corrected chi connectivity index (χ3v) is 5.64. The molecular weight excluding hydrogens is 426 g/mol. The molecule has 0 saturated carbocycles. The molecule has 6 nitrogen and oxygen atoms in total. The average molecular weight is 454 g/mol. The van der Waals surface area contributed by atoms with Crippen molar-refractivity contribution in [2.75, 3.05) is 20.8 Å². The van der Waals surface area contributed by atoms with Crippen LogP contribution in [0.4, 0.5) is 0 Å². The van der Waals surface area contributed by atoms with Gasteiger partial charge >= 0.3 is 5.97 Å². The maximum absolute atomic E-state index is 11.9. The van der Waals surface area contributed by atoms with Gasteiger partial charge in [0.25, 0.3) is 0 Å². The molecule has 164 valence electrons. The number of benzene rings is 2. The Hall–Kier alpha value is -3.58. The second-order valence-electron chi connectivity index (χ2n) is 6.66. The Morgan fingerprint density at radius 1 is 1.22 bits per heavy atom. The lowest BCUT2D eigenvalue weighted by molar-refractivity contribution is -0.139. The number of fused-ring (bicyclic) bond motifs is 1. The third-order valence-electron chi connectivity index (χ3n) is 4.68. The van der Waals surface area contributed by atoms with Crippen molar-refractivity contribution in [3.63, 3.8) is 0 Å². The summed E-state index contributed by atoms with van der Waals surface area (Å²) < 4.78 is 55.3. The van der Waals surface area contributed by atoms with Gasteiger partial charge in [-0.1, -0.05) is 18.2 Å². The van der Waals surface area contributed by atoms with Crippen LogP contribution in [-0.4, -0.2) is 31.7 Å². The van der Waals surface area contributed by atoms with E-state index in [9.17, 15) is 4.79 Å². The fourth-order valence-corrected chi connectivity index (χ4v) is 3.96. The summed E-state index contributed by atoms with van der Waals surface area (Å²) in [5, 5.41) is 2.53. The molecule has 32 heavy (non-hydrogen) atoms. The van der Waals surface area contributed by atoms with Crippen molar-refractivity contribution in [2.45, 2.75) is 13.3 Å². The normalized spacial score (nSPS) is 13.8. The van der Waals surface area contributed by atoms with E-state index in [1.54, 1.807) is 43.3 Å². The van der Waals surface area contributed by atoms with Gasteiger partial charge in [-0.05, 0) is 54.2 Å². The topological polar surface area (TPSA) is 70.8 Å². The van der Waals surface area contributed by atoms with E-state index in [1.807, 2.05) is 11.4 Å². The molecular formula is C25H23NO5S. The van der Waals surface area contributed by atoms with Gasteiger partial charge in [-0.25, -0.2) is 9.78 Å². The average Bonchev–Trinajstić information content (AvgIpc) is 3.45. The highest BCUT2D eigenvalue weighted by Gasteiger charge is 2.14. The number of carbonyl (C=O) groups is 1. The van der Waals surface area contributed by atoms with Crippen LogP contribution in [0.5, 0.6) is 5.75 Å². The predicted octanol–water partition coefficient (Wildman–Crippen LogP) is 5.65. The van der Waals surface area contributed by atoms with Crippen molar-refractivity contribution in [1.82, 2.24) is 4.98 Å². The number of esters is 1. The van der Waals surface area contributed by atoms with Crippen LogP contribution < -0.4 is 4.74 Å². The van der Waals surface area contributed by atoms with Gasteiger partial charge in [-0.15, -0.1) is 11.3 Å². The molecule has 7 heteroatoms. The summed E-state index contributed by atoms with van der Waals surface area (Å²) in [6.45, 7) is -0.482. The number of rotatable bonds is 8. The second kappa shape index (κ2) is 9.70. The summed E-state index contributed by atoms with van der Waals surface area (Å²) in [4.78, 5) is 16.3. The second-order valence-corrected chi connectivity index (χ2v) is 7.57. The van der Waals surface area contributed by atoms with Crippen LogP contribution in [-0.2, 0) is 20.7 Å². The first kappa shape index (κ1) is 17.0. The number of carbonyl (C=O) groups excluding carboxylic acids is 1. The monoisotopic (exact) mass is 453 g/mol. The maximum Gasteiger partial charge on any atom is 0.373 e. The largest absolute Gasteiger partial charge is 0.493 e. The van der Waals surface area contributed by atoms with E-state index in [2.05, 4.69) is 4.98 Å². The van der Waals surface area contributed by atoms with Gasteiger partial charge in [0.05, 0.1) is 32.0 Å². The lowest BCUT2D eigenvalue weighted by Gasteiger charge is -2.09. The van der Waals surface area contributed by atoms with E-state index in [-0.39, 0.29) is 35.7 Å². The van der Waals surface area contributed by atoms with Crippen molar-refractivity contribution in [3.8, 4) is 17.2 Å². The Kier molecular flexibility index (Phi) is 5.16. The Labute approximate surface area is 195 Å². The number of nitrogens with zero attached hydrogens (tertiary/aromatic N) is 1. The number of aromatic nitrogens is 1. The summed E-state index contributed by atoms with van der Waals surface area (Å²) in [6.07, 6.45) is 1.35. The van der Waals surface area contributed by atoms with E-state index in [0.717, 1.165) is 4.70 Å². The minimum absolute atomic E-state index is 0.0404. The maximum atomic E-state index is 11.9. The molecule has 0 N–H and O–H groups in total. The van der Waals surface area contributed by atoms with Crippen LogP contribution in [0.1, 0.15) is 22.5 Å². The van der Waals surface area contributed by atoms with Crippen molar-refractivity contribution < 1.29 is 28.9 Å². The van der Waals surface area contributed by atoms with Crippen molar-refractivity contribution in [2.24, 2.45) is 0 Å².